The highest BCUT2D eigenvalue weighted by Crippen LogP contribution is 2.11. The summed E-state index contributed by atoms with van der Waals surface area (Å²) in [6, 6.07) is 7.28. The van der Waals surface area contributed by atoms with Gasteiger partial charge in [-0.25, -0.2) is 4.98 Å². The van der Waals surface area contributed by atoms with Crippen molar-refractivity contribution in [3.63, 3.8) is 0 Å². The van der Waals surface area contributed by atoms with Crippen molar-refractivity contribution in [2.45, 2.75) is 20.3 Å². The largest absolute Gasteiger partial charge is 0.385 e. The monoisotopic (exact) mass is 270 g/mol. The maximum absolute atomic E-state index is 12.1. The van der Waals surface area contributed by atoms with Gasteiger partial charge in [0.25, 0.3) is 5.91 Å². The molecule has 0 saturated heterocycles. The van der Waals surface area contributed by atoms with Gasteiger partial charge in [0.05, 0.1) is 0 Å². The lowest BCUT2D eigenvalue weighted by molar-refractivity contribution is 0.102. The molecule has 5 heteroatoms. The van der Waals surface area contributed by atoms with Gasteiger partial charge in [-0.1, -0.05) is 6.92 Å². The first-order chi connectivity index (χ1) is 9.69. The van der Waals surface area contributed by atoms with Gasteiger partial charge in [0.1, 0.15) is 11.5 Å². The van der Waals surface area contributed by atoms with Crippen LogP contribution < -0.4 is 10.6 Å². The van der Waals surface area contributed by atoms with Crippen molar-refractivity contribution in [2.24, 2.45) is 0 Å². The summed E-state index contributed by atoms with van der Waals surface area (Å²) in [5.41, 5.74) is 2.31. The second-order valence-corrected chi connectivity index (χ2v) is 4.53. The molecule has 0 aromatic carbocycles. The molecule has 0 fully saturated rings. The summed E-state index contributed by atoms with van der Waals surface area (Å²) >= 11 is 0. The van der Waals surface area contributed by atoms with Crippen LogP contribution in [0.1, 0.15) is 29.4 Å². The third kappa shape index (κ3) is 3.78. The third-order valence-corrected chi connectivity index (χ3v) is 2.73. The van der Waals surface area contributed by atoms with Gasteiger partial charge in [0, 0.05) is 24.6 Å². The quantitative estimate of drug-likeness (QED) is 0.876. The van der Waals surface area contributed by atoms with Gasteiger partial charge in [-0.05, 0) is 43.2 Å². The van der Waals surface area contributed by atoms with Gasteiger partial charge < -0.3 is 10.6 Å². The van der Waals surface area contributed by atoms with Crippen molar-refractivity contribution < 1.29 is 4.79 Å². The number of amides is 1. The Hall–Kier alpha value is -2.43. The number of rotatable bonds is 5. The van der Waals surface area contributed by atoms with Gasteiger partial charge in [0.2, 0.25) is 0 Å². The van der Waals surface area contributed by atoms with Crippen LogP contribution in [-0.2, 0) is 0 Å². The van der Waals surface area contributed by atoms with Crippen molar-refractivity contribution in [1.82, 2.24) is 9.97 Å². The van der Waals surface area contributed by atoms with E-state index in [1.165, 1.54) is 0 Å². The molecular formula is C15H18N4O. The number of pyridine rings is 2. The zero-order valence-electron chi connectivity index (χ0n) is 11.7. The molecule has 0 atom stereocenters. The fourth-order valence-corrected chi connectivity index (χ4v) is 1.72. The van der Waals surface area contributed by atoms with Crippen LogP contribution in [0.2, 0.25) is 0 Å². The first kappa shape index (κ1) is 14.0. The molecule has 20 heavy (non-hydrogen) atoms. The average molecular weight is 270 g/mol. The van der Waals surface area contributed by atoms with E-state index in [9.17, 15) is 4.79 Å². The number of hydrogen-bond donors (Lipinski definition) is 2. The molecule has 2 N–H and O–H groups in total. The van der Waals surface area contributed by atoms with Crippen LogP contribution in [0, 0.1) is 6.92 Å². The molecule has 0 radical (unpaired) electrons. The van der Waals surface area contributed by atoms with Crippen molar-refractivity contribution in [3.05, 3.63) is 47.9 Å². The van der Waals surface area contributed by atoms with E-state index in [1.54, 1.807) is 18.5 Å². The lowest BCUT2D eigenvalue weighted by Gasteiger charge is -2.07. The predicted molar refractivity (Wildman–Crippen MR) is 79.9 cm³/mol. The summed E-state index contributed by atoms with van der Waals surface area (Å²) < 4.78 is 0. The van der Waals surface area contributed by atoms with Crippen molar-refractivity contribution in [1.29, 1.82) is 0 Å². The second-order valence-electron chi connectivity index (χ2n) is 4.53. The van der Waals surface area contributed by atoms with Crippen LogP contribution in [0.5, 0.6) is 0 Å². The van der Waals surface area contributed by atoms with Gasteiger partial charge in [-0.3, -0.25) is 9.78 Å². The number of carbonyl (C=O) groups is 1. The molecule has 2 aromatic heterocycles. The van der Waals surface area contributed by atoms with E-state index in [0.717, 1.165) is 24.2 Å². The fraction of sp³-hybridized carbons (Fsp3) is 0.267. The van der Waals surface area contributed by atoms with E-state index in [-0.39, 0.29) is 5.91 Å². The van der Waals surface area contributed by atoms with Gasteiger partial charge in [-0.2, -0.15) is 0 Å². The Morgan fingerprint density at radius 2 is 2.00 bits per heavy atom. The number of nitrogens with zero attached hydrogens (tertiary/aromatic N) is 2. The highest BCUT2D eigenvalue weighted by atomic mass is 16.1. The molecule has 0 spiro atoms. The molecule has 2 rings (SSSR count). The SMILES string of the molecule is CCCNc1ccnc(C(=O)Nc2cc(C)ccn2)c1. The molecular weight excluding hydrogens is 252 g/mol. The third-order valence-electron chi connectivity index (χ3n) is 2.73. The van der Waals surface area contributed by atoms with E-state index in [0.29, 0.717) is 11.5 Å². The van der Waals surface area contributed by atoms with Gasteiger partial charge >= 0.3 is 0 Å². The number of aryl methyl sites for hydroxylation is 1. The zero-order chi connectivity index (χ0) is 14.4. The van der Waals surface area contributed by atoms with Crippen LogP contribution in [-0.4, -0.2) is 22.4 Å². The Balaban J connectivity index is 2.09. The molecule has 5 nitrogen and oxygen atoms in total. The maximum Gasteiger partial charge on any atom is 0.275 e. The second kappa shape index (κ2) is 6.65. The van der Waals surface area contributed by atoms with Crippen molar-refractivity contribution in [3.8, 4) is 0 Å². The molecule has 0 saturated carbocycles. The van der Waals surface area contributed by atoms with E-state index in [1.807, 2.05) is 25.1 Å². The fourth-order valence-electron chi connectivity index (χ4n) is 1.72. The van der Waals surface area contributed by atoms with Crippen molar-refractivity contribution in [2.75, 3.05) is 17.2 Å². The van der Waals surface area contributed by atoms with E-state index in [4.69, 9.17) is 0 Å². The first-order valence-corrected chi connectivity index (χ1v) is 6.63. The Bertz CT molecular complexity index is 598. The molecule has 0 aliphatic heterocycles. The Morgan fingerprint density at radius 3 is 2.75 bits per heavy atom. The number of anilines is 2. The standard InChI is InChI=1S/C15H18N4O/c1-3-6-16-12-5-8-17-13(10-12)15(20)19-14-9-11(2)4-7-18-14/h4-5,7-10H,3,6H2,1-2H3,(H,16,17)(H,18,19,20). The Morgan fingerprint density at radius 1 is 1.20 bits per heavy atom. The molecule has 0 bridgehead atoms. The minimum atomic E-state index is -0.261. The van der Waals surface area contributed by atoms with Crippen LogP contribution >= 0.6 is 0 Å². The molecule has 1 amide bonds. The summed E-state index contributed by atoms with van der Waals surface area (Å²) in [6.07, 6.45) is 4.31. The van der Waals surface area contributed by atoms with Crippen LogP contribution in [0.25, 0.3) is 0 Å². The normalized spacial score (nSPS) is 10.1. The minimum absolute atomic E-state index is 0.261. The van der Waals surface area contributed by atoms with Crippen LogP contribution in [0.3, 0.4) is 0 Å². The molecule has 0 aliphatic carbocycles. The molecule has 0 unspecified atom stereocenters. The van der Waals surface area contributed by atoms with Crippen LogP contribution in [0.15, 0.2) is 36.7 Å². The molecule has 2 aromatic rings. The van der Waals surface area contributed by atoms with E-state index >= 15 is 0 Å². The average Bonchev–Trinajstić information content (AvgIpc) is 2.45. The Labute approximate surface area is 118 Å². The molecule has 2 heterocycles. The van der Waals surface area contributed by atoms with Crippen molar-refractivity contribution >= 4 is 17.4 Å². The number of hydrogen-bond acceptors (Lipinski definition) is 4. The summed E-state index contributed by atoms with van der Waals surface area (Å²) in [5.74, 6) is 0.270. The minimum Gasteiger partial charge on any atom is -0.385 e. The summed E-state index contributed by atoms with van der Waals surface area (Å²) in [7, 11) is 0. The number of carbonyl (C=O) groups excluding carboxylic acids is 1. The number of nitrogens with one attached hydrogen (secondary N) is 2. The number of aromatic nitrogens is 2. The van der Waals surface area contributed by atoms with E-state index in [2.05, 4.69) is 27.5 Å². The Kier molecular flexibility index (Phi) is 4.65. The topological polar surface area (TPSA) is 66.9 Å². The lowest BCUT2D eigenvalue weighted by atomic mass is 10.2. The molecule has 104 valence electrons. The van der Waals surface area contributed by atoms with E-state index < -0.39 is 0 Å². The highest BCUT2D eigenvalue weighted by molar-refractivity contribution is 6.02. The molecule has 0 aliphatic rings. The van der Waals surface area contributed by atoms with Gasteiger partial charge in [-0.15, -0.1) is 0 Å². The summed E-state index contributed by atoms with van der Waals surface area (Å²) in [4.78, 5) is 20.3. The zero-order valence-corrected chi connectivity index (χ0v) is 11.7. The highest BCUT2D eigenvalue weighted by Gasteiger charge is 2.09. The van der Waals surface area contributed by atoms with Crippen LogP contribution in [0.4, 0.5) is 11.5 Å². The smallest absolute Gasteiger partial charge is 0.275 e. The predicted octanol–water partition coefficient (Wildman–Crippen LogP) is 2.86. The maximum atomic E-state index is 12.1. The summed E-state index contributed by atoms with van der Waals surface area (Å²) in [6.45, 7) is 4.90. The van der Waals surface area contributed by atoms with Gasteiger partial charge in [0.15, 0.2) is 0 Å². The summed E-state index contributed by atoms with van der Waals surface area (Å²) in [5, 5.41) is 5.97. The lowest BCUT2D eigenvalue weighted by Crippen LogP contribution is -2.15. The first-order valence-electron chi connectivity index (χ1n) is 6.63.